The molecule has 144 valence electrons. The lowest BCUT2D eigenvalue weighted by Gasteiger charge is -2.21. The Morgan fingerprint density at radius 2 is 1.22 bits per heavy atom. The largest absolute Gasteiger partial charge is 0.354 e. The molecular weight excluding hydrogens is 336 g/mol. The van der Waals surface area contributed by atoms with Crippen molar-refractivity contribution >= 4 is 11.8 Å². The van der Waals surface area contributed by atoms with Gasteiger partial charge >= 0.3 is 0 Å². The van der Waals surface area contributed by atoms with Crippen LogP contribution in [0.4, 0.5) is 0 Å². The van der Waals surface area contributed by atoms with Crippen LogP contribution in [0.2, 0.25) is 0 Å². The zero-order valence-electron chi connectivity index (χ0n) is 16.4. The minimum atomic E-state index is -0.169. The first-order valence-electron chi connectivity index (χ1n) is 9.74. The fourth-order valence-corrected chi connectivity index (χ4v) is 3.29. The Bertz CT molecular complexity index is 716. The topological polar surface area (TPSA) is 58.2 Å². The van der Waals surface area contributed by atoms with Crippen LogP contribution in [0.15, 0.2) is 60.7 Å². The molecule has 0 unspecified atom stereocenters. The first-order chi connectivity index (χ1) is 13.1. The second-order valence-electron chi connectivity index (χ2n) is 6.90. The van der Waals surface area contributed by atoms with Gasteiger partial charge in [-0.05, 0) is 30.9 Å². The number of amides is 2. The maximum atomic E-state index is 12.6. The van der Waals surface area contributed by atoms with E-state index in [-0.39, 0.29) is 29.7 Å². The lowest BCUT2D eigenvalue weighted by Crippen LogP contribution is -2.44. The molecule has 0 heterocycles. The number of nitrogens with one attached hydrogen (secondary N) is 2. The summed E-state index contributed by atoms with van der Waals surface area (Å²) in [7, 11) is 0. The molecule has 2 rings (SSSR count). The van der Waals surface area contributed by atoms with Crippen LogP contribution in [0.25, 0.3) is 0 Å². The van der Waals surface area contributed by atoms with Crippen molar-refractivity contribution in [1.82, 2.24) is 10.6 Å². The number of benzene rings is 2. The molecule has 0 saturated heterocycles. The Hall–Kier alpha value is -2.62. The van der Waals surface area contributed by atoms with E-state index in [2.05, 4.69) is 10.6 Å². The summed E-state index contributed by atoms with van der Waals surface area (Å²) in [6, 6.07) is 19.5. The van der Waals surface area contributed by atoms with Gasteiger partial charge < -0.3 is 10.6 Å². The number of hydrogen-bond donors (Lipinski definition) is 2. The summed E-state index contributed by atoms with van der Waals surface area (Å²) < 4.78 is 0. The second-order valence-corrected chi connectivity index (χ2v) is 6.90. The van der Waals surface area contributed by atoms with Gasteiger partial charge in [0.25, 0.3) is 0 Å². The van der Waals surface area contributed by atoms with Crippen molar-refractivity contribution in [2.75, 3.05) is 6.54 Å². The first-order valence-corrected chi connectivity index (χ1v) is 9.74. The van der Waals surface area contributed by atoms with Gasteiger partial charge in [0.05, 0.1) is 11.8 Å². The van der Waals surface area contributed by atoms with E-state index in [0.717, 1.165) is 24.0 Å². The number of hydrogen-bond acceptors (Lipinski definition) is 2. The average molecular weight is 367 g/mol. The molecule has 0 saturated carbocycles. The van der Waals surface area contributed by atoms with Gasteiger partial charge in [-0.3, -0.25) is 9.59 Å². The van der Waals surface area contributed by atoms with Gasteiger partial charge in [0.2, 0.25) is 11.8 Å². The van der Waals surface area contributed by atoms with Crippen molar-refractivity contribution < 1.29 is 9.59 Å². The van der Waals surface area contributed by atoms with E-state index >= 15 is 0 Å². The molecular formula is C23H30N2O2. The van der Waals surface area contributed by atoms with E-state index in [1.165, 1.54) is 0 Å². The van der Waals surface area contributed by atoms with Crippen LogP contribution >= 0.6 is 0 Å². The molecule has 2 aromatic rings. The van der Waals surface area contributed by atoms with Gasteiger partial charge in [-0.15, -0.1) is 0 Å². The number of carbonyl (C=O) groups excluding carboxylic acids is 2. The molecule has 0 aliphatic heterocycles. The number of carbonyl (C=O) groups is 2. The van der Waals surface area contributed by atoms with E-state index in [4.69, 9.17) is 0 Å². The molecule has 0 spiro atoms. The Balaban J connectivity index is 1.88. The van der Waals surface area contributed by atoms with Gasteiger partial charge in [0.1, 0.15) is 0 Å². The van der Waals surface area contributed by atoms with E-state index < -0.39 is 0 Å². The summed E-state index contributed by atoms with van der Waals surface area (Å²) in [4.78, 5) is 25.2. The highest BCUT2D eigenvalue weighted by atomic mass is 16.2. The van der Waals surface area contributed by atoms with Crippen molar-refractivity contribution in [1.29, 1.82) is 0 Å². The number of rotatable bonds is 9. The Kier molecular flexibility index (Phi) is 8.05. The van der Waals surface area contributed by atoms with Crippen molar-refractivity contribution in [3.63, 3.8) is 0 Å². The van der Waals surface area contributed by atoms with E-state index in [9.17, 15) is 9.59 Å². The summed E-state index contributed by atoms with van der Waals surface area (Å²) in [5.74, 6) is -0.334. The van der Waals surface area contributed by atoms with E-state index in [1.54, 1.807) is 0 Å². The molecule has 0 bridgehead atoms. The quantitative estimate of drug-likeness (QED) is 0.705. The highest BCUT2D eigenvalue weighted by Gasteiger charge is 2.22. The maximum absolute atomic E-state index is 12.6. The highest BCUT2D eigenvalue weighted by Crippen LogP contribution is 2.20. The molecule has 0 aliphatic rings. The third kappa shape index (κ3) is 5.95. The zero-order chi connectivity index (χ0) is 19.6. The van der Waals surface area contributed by atoms with Gasteiger partial charge in [0, 0.05) is 12.6 Å². The van der Waals surface area contributed by atoms with Gasteiger partial charge in [-0.2, -0.15) is 0 Å². The van der Waals surface area contributed by atoms with Gasteiger partial charge in [-0.1, -0.05) is 74.5 Å². The summed E-state index contributed by atoms with van der Waals surface area (Å²) in [6.45, 7) is 6.35. The van der Waals surface area contributed by atoms with E-state index in [0.29, 0.717) is 6.54 Å². The standard InChI is InChI=1S/C23H30N2O2/c1-4-20(18-12-8-6-9-13-18)22(26)24-16-17(3)25-23(27)21(5-2)19-14-10-7-11-15-19/h6-15,17,20-21H,4-5,16H2,1-3H3,(H,24,26)(H,25,27)/t17-,20-,21-/m0/s1. The molecule has 0 radical (unpaired) electrons. The maximum Gasteiger partial charge on any atom is 0.227 e. The summed E-state index contributed by atoms with van der Waals surface area (Å²) >= 11 is 0. The molecule has 4 heteroatoms. The Morgan fingerprint density at radius 1 is 0.778 bits per heavy atom. The summed E-state index contributed by atoms with van der Waals surface area (Å²) in [5, 5.41) is 6.01. The lowest BCUT2D eigenvalue weighted by atomic mass is 9.95. The Morgan fingerprint density at radius 3 is 1.67 bits per heavy atom. The van der Waals surface area contributed by atoms with Gasteiger partial charge in [-0.25, -0.2) is 0 Å². The molecule has 0 aromatic heterocycles. The molecule has 3 atom stereocenters. The van der Waals surface area contributed by atoms with Crippen LogP contribution < -0.4 is 10.6 Å². The van der Waals surface area contributed by atoms with Crippen LogP contribution in [0.3, 0.4) is 0 Å². The second kappa shape index (κ2) is 10.5. The molecule has 0 aliphatic carbocycles. The Labute approximate surface area is 162 Å². The highest BCUT2D eigenvalue weighted by molar-refractivity contribution is 5.85. The molecule has 2 N–H and O–H groups in total. The monoisotopic (exact) mass is 366 g/mol. The normalized spacial score (nSPS) is 14.0. The summed E-state index contributed by atoms with van der Waals surface area (Å²) in [6.07, 6.45) is 1.48. The van der Waals surface area contributed by atoms with E-state index in [1.807, 2.05) is 81.4 Å². The lowest BCUT2D eigenvalue weighted by molar-refractivity contribution is -0.125. The third-order valence-corrected chi connectivity index (χ3v) is 4.82. The summed E-state index contributed by atoms with van der Waals surface area (Å²) in [5.41, 5.74) is 2.04. The van der Waals surface area contributed by atoms with Crippen molar-refractivity contribution in [3.8, 4) is 0 Å². The van der Waals surface area contributed by atoms with Crippen LogP contribution in [0.5, 0.6) is 0 Å². The van der Waals surface area contributed by atoms with Crippen LogP contribution in [-0.4, -0.2) is 24.4 Å². The van der Waals surface area contributed by atoms with Crippen LogP contribution in [0.1, 0.15) is 56.6 Å². The fraction of sp³-hybridized carbons (Fsp3) is 0.391. The molecule has 2 aromatic carbocycles. The van der Waals surface area contributed by atoms with Gasteiger partial charge in [0.15, 0.2) is 0 Å². The van der Waals surface area contributed by atoms with Crippen LogP contribution in [0, 0.1) is 0 Å². The minimum Gasteiger partial charge on any atom is -0.354 e. The van der Waals surface area contributed by atoms with Crippen molar-refractivity contribution in [2.24, 2.45) is 0 Å². The average Bonchev–Trinajstić information content (AvgIpc) is 2.69. The molecule has 0 fully saturated rings. The third-order valence-electron chi connectivity index (χ3n) is 4.82. The SMILES string of the molecule is CC[C@H](C(=O)NC[C@H](C)NC(=O)[C@@H](CC)c1ccccc1)c1ccccc1. The predicted molar refractivity (Wildman–Crippen MR) is 110 cm³/mol. The minimum absolute atomic E-state index is 0.0000927. The van der Waals surface area contributed by atoms with Crippen molar-refractivity contribution in [2.45, 2.75) is 51.5 Å². The molecule has 2 amide bonds. The molecule has 27 heavy (non-hydrogen) atoms. The van der Waals surface area contributed by atoms with Crippen LogP contribution in [-0.2, 0) is 9.59 Å². The zero-order valence-corrected chi connectivity index (χ0v) is 16.4. The van der Waals surface area contributed by atoms with Crippen molar-refractivity contribution in [3.05, 3.63) is 71.8 Å². The molecule has 4 nitrogen and oxygen atoms in total. The first kappa shape index (κ1) is 20.7. The smallest absolute Gasteiger partial charge is 0.227 e. The fourth-order valence-electron chi connectivity index (χ4n) is 3.29. The predicted octanol–water partition coefficient (Wildman–Crippen LogP) is 3.99.